The third-order valence-electron chi connectivity index (χ3n) is 5.02. The summed E-state index contributed by atoms with van der Waals surface area (Å²) >= 11 is 0. The van der Waals surface area contributed by atoms with Gasteiger partial charge in [0.2, 0.25) is 5.79 Å². The van der Waals surface area contributed by atoms with E-state index in [4.69, 9.17) is 27.9 Å². The highest BCUT2D eigenvalue weighted by molar-refractivity contribution is 7.86. The molecule has 3 fully saturated rings. The lowest BCUT2D eigenvalue weighted by Gasteiger charge is -2.38. The Hall–Kier alpha value is -1.07. The van der Waals surface area contributed by atoms with Crippen LogP contribution in [0.1, 0.15) is 33.3 Å². The van der Waals surface area contributed by atoms with Crippen molar-refractivity contribution >= 4 is 10.1 Å². The highest BCUT2D eigenvalue weighted by Gasteiger charge is 2.67. The van der Waals surface area contributed by atoms with Gasteiger partial charge in [-0.3, -0.25) is 4.18 Å². The van der Waals surface area contributed by atoms with Crippen LogP contribution in [0.3, 0.4) is 0 Å². The Balaban J connectivity index is 1.57. The average molecular weight is 414 g/mol. The SMILES string of the molecule is Cc1ccc(S(=O)(=O)OCC23O[C@H]4COC(C)(C)O[C@H]4[C@@H]2OC(C)(C)O3)cc1. The molecule has 0 N–H and O–H groups in total. The van der Waals surface area contributed by atoms with Gasteiger partial charge in [-0.05, 0) is 46.8 Å². The summed E-state index contributed by atoms with van der Waals surface area (Å²) in [6.07, 6.45) is -1.56. The fourth-order valence-corrected chi connectivity index (χ4v) is 4.73. The molecule has 1 unspecified atom stereocenters. The van der Waals surface area contributed by atoms with Crippen molar-refractivity contribution in [2.24, 2.45) is 0 Å². The molecule has 3 saturated heterocycles. The van der Waals surface area contributed by atoms with Gasteiger partial charge in [0.15, 0.2) is 11.6 Å². The lowest BCUT2D eigenvalue weighted by atomic mass is 10.0. The number of fused-ring (bicyclic) bond motifs is 3. The van der Waals surface area contributed by atoms with Gasteiger partial charge >= 0.3 is 0 Å². The lowest BCUT2D eigenvalue weighted by Crippen LogP contribution is -2.51. The molecule has 28 heavy (non-hydrogen) atoms. The molecule has 3 aliphatic heterocycles. The highest BCUT2D eigenvalue weighted by atomic mass is 32.2. The molecule has 3 heterocycles. The third kappa shape index (κ3) is 3.60. The molecule has 0 amide bonds. The summed E-state index contributed by atoms with van der Waals surface area (Å²) in [5.74, 6) is -3.18. The first-order chi connectivity index (χ1) is 12.9. The second kappa shape index (κ2) is 6.46. The minimum atomic E-state index is -3.99. The Morgan fingerprint density at radius 1 is 1.04 bits per heavy atom. The van der Waals surface area contributed by atoms with Gasteiger partial charge in [0, 0.05) is 0 Å². The maximum atomic E-state index is 12.6. The smallest absolute Gasteiger partial charge is 0.297 e. The van der Waals surface area contributed by atoms with Gasteiger partial charge in [-0.2, -0.15) is 8.42 Å². The van der Waals surface area contributed by atoms with Crippen molar-refractivity contribution in [3.63, 3.8) is 0 Å². The van der Waals surface area contributed by atoms with E-state index in [-0.39, 0.29) is 18.1 Å². The molecular weight excluding hydrogens is 388 g/mol. The van der Waals surface area contributed by atoms with Crippen LogP contribution in [0.25, 0.3) is 0 Å². The molecule has 4 atom stereocenters. The van der Waals surface area contributed by atoms with E-state index in [9.17, 15) is 8.42 Å². The summed E-state index contributed by atoms with van der Waals surface area (Å²) in [5, 5.41) is 0. The zero-order valence-corrected chi connectivity index (χ0v) is 17.4. The van der Waals surface area contributed by atoms with E-state index in [0.717, 1.165) is 5.56 Å². The van der Waals surface area contributed by atoms with Crippen LogP contribution < -0.4 is 0 Å². The van der Waals surface area contributed by atoms with Gasteiger partial charge in [-0.15, -0.1) is 0 Å². The predicted molar refractivity (Wildman–Crippen MR) is 96.9 cm³/mol. The number of rotatable bonds is 4. The molecule has 156 valence electrons. The largest absolute Gasteiger partial charge is 0.348 e. The van der Waals surface area contributed by atoms with Crippen molar-refractivity contribution in [1.29, 1.82) is 0 Å². The molecule has 4 rings (SSSR count). The minimum Gasteiger partial charge on any atom is -0.348 e. The van der Waals surface area contributed by atoms with Crippen molar-refractivity contribution in [3.8, 4) is 0 Å². The molecule has 0 spiro atoms. The molecule has 0 aliphatic carbocycles. The fraction of sp³-hybridized carbons (Fsp3) is 0.684. The number of benzene rings is 1. The average Bonchev–Trinajstić information content (AvgIpc) is 3.00. The van der Waals surface area contributed by atoms with Gasteiger partial charge in [0.1, 0.15) is 24.9 Å². The van der Waals surface area contributed by atoms with Crippen molar-refractivity contribution in [2.45, 2.75) is 75.2 Å². The van der Waals surface area contributed by atoms with Crippen LogP contribution in [-0.4, -0.2) is 57.3 Å². The molecule has 1 aromatic rings. The maximum absolute atomic E-state index is 12.6. The van der Waals surface area contributed by atoms with E-state index in [1.807, 2.05) is 20.8 Å². The summed E-state index contributed by atoms with van der Waals surface area (Å²) in [4.78, 5) is 0.0698. The summed E-state index contributed by atoms with van der Waals surface area (Å²) in [6, 6.07) is 6.43. The normalized spacial score (nSPS) is 36.1. The van der Waals surface area contributed by atoms with Crippen LogP contribution in [0.15, 0.2) is 29.2 Å². The molecule has 8 nitrogen and oxygen atoms in total. The molecule has 0 radical (unpaired) electrons. The zero-order valence-electron chi connectivity index (χ0n) is 16.6. The lowest BCUT2D eigenvalue weighted by molar-refractivity contribution is -0.329. The van der Waals surface area contributed by atoms with Crippen molar-refractivity contribution in [3.05, 3.63) is 29.8 Å². The van der Waals surface area contributed by atoms with E-state index >= 15 is 0 Å². The molecule has 9 heteroatoms. The van der Waals surface area contributed by atoms with Gasteiger partial charge in [0.05, 0.1) is 11.5 Å². The van der Waals surface area contributed by atoms with Crippen molar-refractivity contribution < 1.29 is 36.3 Å². The van der Waals surface area contributed by atoms with Gasteiger partial charge in [-0.1, -0.05) is 17.7 Å². The summed E-state index contributed by atoms with van der Waals surface area (Å²) in [7, 11) is -3.99. The number of aryl methyl sites for hydroxylation is 1. The van der Waals surface area contributed by atoms with E-state index < -0.39 is 45.8 Å². The summed E-state index contributed by atoms with van der Waals surface area (Å²) < 4.78 is 60.4. The summed E-state index contributed by atoms with van der Waals surface area (Å²) in [6.45, 7) is 8.91. The van der Waals surface area contributed by atoms with Crippen LogP contribution >= 0.6 is 0 Å². The number of hydrogen-bond acceptors (Lipinski definition) is 8. The second-order valence-electron chi connectivity index (χ2n) is 8.33. The van der Waals surface area contributed by atoms with Crippen LogP contribution in [0.2, 0.25) is 0 Å². The van der Waals surface area contributed by atoms with E-state index in [0.29, 0.717) is 0 Å². The molecule has 0 aromatic heterocycles. The standard InChI is InChI=1S/C19H26O8S/c1-12-6-8-13(9-7-12)28(20,21)23-11-19-16(26-18(4,5)27-19)15-14(24-19)10-22-17(2,3)25-15/h6-9,14-16H,10-11H2,1-5H3/t14-,15+,16-,19?/m0/s1. The predicted octanol–water partition coefficient (Wildman–Crippen LogP) is 2.10. The van der Waals surface area contributed by atoms with Gasteiger partial charge in [-0.25, -0.2) is 0 Å². The van der Waals surface area contributed by atoms with E-state index in [1.165, 1.54) is 12.1 Å². The van der Waals surface area contributed by atoms with Gasteiger partial charge in [0.25, 0.3) is 10.1 Å². The van der Waals surface area contributed by atoms with Crippen LogP contribution in [-0.2, 0) is 38.0 Å². The Morgan fingerprint density at radius 2 is 1.71 bits per heavy atom. The second-order valence-corrected chi connectivity index (χ2v) is 9.95. The monoisotopic (exact) mass is 414 g/mol. The first kappa shape index (κ1) is 20.2. The minimum absolute atomic E-state index is 0.0698. The first-order valence-corrected chi connectivity index (χ1v) is 10.7. The molecule has 0 saturated carbocycles. The van der Waals surface area contributed by atoms with E-state index in [1.54, 1.807) is 26.0 Å². The Kier molecular flexibility index (Phi) is 4.67. The Bertz CT molecular complexity index is 847. The third-order valence-corrected chi connectivity index (χ3v) is 6.30. The zero-order chi connectivity index (χ0) is 20.4. The van der Waals surface area contributed by atoms with Gasteiger partial charge < -0.3 is 23.7 Å². The highest BCUT2D eigenvalue weighted by Crippen LogP contribution is 2.49. The molecule has 1 aromatic carbocycles. The summed E-state index contributed by atoms with van der Waals surface area (Å²) in [5.41, 5.74) is 0.954. The van der Waals surface area contributed by atoms with Crippen molar-refractivity contribution in [2.75, 3.05) is 13.2 Å². The maximum Gasteiger partial charge on any atom is 0.297 e. The van der Waals surface area contributed by atoms with Crippen LogP contribution in [0.5, 0.6) is 0 Å². The molecule has 3 aliphatic rings. The van der Waals surface area contributed by atoms with Crippen LogP contribution in [0, 0.1) is 6.92 Å². The Labute approximate surface area is 165 Å². The van der Waals surface area contributed by atoms with E-state index in [2.05, 4.69) is 0 Å². The number of ether oxygens (including phenoxy) is 5. The first-order valence-electron chi connectivity index (χ1n) is 9.25. The quantitative estimate of drug-likeness (QED) is 0.692. The molecule has 0 bridgehead atoms. The topological polar surface area (TPSA) is 89.5 Å². The fourth-order valence-electron chi connectivity index (χ4n) is 3.81. The molecular formula is C19H26O8S. The van der Waals surface area contributed by atoms with Crippen molar-refractivity contribution in [1.82, 2.24) is 0 Å². The van der Waals surface area contributed by atoms with Crippen LogP contribution in [0.4, 0.5) is 0 Å². The number of hydrogen-bond donors (Lipinski definition) is 0. The Morgan fingerprint density at radius 3 is 2.39 bits per heavy atom.